The molecule has 0 aromatic carbocycles. The molecule has 0 radical (unpaired) electrons. The lowest BCUT2D eigenvalue weighted by molar-refractivity contribution is -0.137. The molecule has 1 fully saturated rings. The van der Waals surface area contributed by atoms with Crippen LogP contribution in [0.4, 0.5) is 0 Å². The highest BCUT2D eigenvalue weighted by atomic mass is 16.4. The third kappa shape index (κ3) is 6.96. The van der Waals surface area contributed by atoms with E-state index in [1.54, 1.807) is 11.0 Å². The molecule has 0 bridgehead atoms. The fourth-order valence-electron chi connectivity index (χ4n) is 2.39. The van der Waals surface area contributed by atoms with Crippen molar-refractivity contribution in [1.29, 1.82) is 0 Å². The van der Waals surface area contributed by atoms with Gasteiger partial charge in [0.1, 0.15) is 0 Å². The summed E-state index contributed by atoms with van der Waals surface area (Å²) in [4.78, 5) is 24.3. The van der Waals surface area contributed by atoms with Crippen LogP contribution in [0.2, 0.25) is 0 Å². The minimum Gasteiger partial charge on any atom is -0.481 e. The van der Waals surface area contributed by atoms with Gasteiger partial charge in [-0.05, 0) is 12.8 Å². The summed E-state index contributed by atoms with van der Waals surface area (Å²) in [5.74, 6) is -0.860. The minimum atomic E-state index is -0.846. The van der Waals surface area contributed by atoms with Gasteiger partial charge in [0.25, 0.3) is 0 Å². The Labute approximate surface area is 114 Å². The van der Waals surface area contributed by atoms with E-state index in [9.17, 15) is 9.59 Å². The van der Waals surface area contributed by atoms with E-state index in [1.165, 1.54) is 19.3 Å². The standard InChI is InChI=1S/C14H24N2O3/c1-2-9-16(10-8-14(18)19)11-13(17)15-12-6-4-3-5-7-12/h2,12H,1,3-11H2,(H,15,17)(H,18,19). The molecule has 5 nitrogen and oxygen atoms in total. The molecule has 0 aromatic heterocycles. The number of rotatable bonds is 8. The van der Waals surface area contributed by atoms with Crippen LogP contribution in [0.15, 0.2) is 12.7 Å². The van der Waals surface area contributed by atoms with Crippen molar-refractivity contribution in [3.63, 3.8) is 0 Å². The van der Waals surface area contributed by atoms with Gasteiger partial charge in [-0.2, -0.15) is 0 Å². The lowest BCUT2D eigenvalue weighted by Gasteiger charge is -2.25. The molecular weight excluding hydrogens is 244 g/mol. The highest BCUT2D eigenvalue weighted by Crippen LogP contribution is 2.17. The van der Waals surface area contributed by atoms with Crippen molar-refractivity contribution in [3.05, 3.63) is 12.7 Å². The number of nitrogens with one attached hydrogen (secondary N) is 1. The number of hydrogen-bond acceptors (Lipinski definition) is 3. The Hall–Kier alpha value is -1.36. The number of carboxylic acid groups (broad SMARTS) is 1. The number of aliphatic carboxylic acids is 1. The number of amides is 1. The Morgan fingerprint density at radius 3 is 2.58 bits per heavy atom. The molecule has 0 atom stereocenters. The van der Waals surface area contributed by atoms with Crippen LogP contribution in [0, 0.1) is 0 Å². The monoisotopic (exact) mass is 268 g/mol. The molecule has 0 spiro atoms. The summed E-state index contributed by atoms with van der Waals surface area (Å²) >= 11 is 0. The van der Waals surface area contributed by atoms with Crippen molar-refractivity contribution in [2.24, 2.45) is 0 Å². The van der Waals surface area contributed by atoms with Gasteiger partial charge in [0.05, 0.1) is 13.0 Å². The maximum Gasteiger partial charge on any atom is 0.304 e. The van der Waals surface area contributed by atoms with Crippen LogP contribution in [0.25, 0.3) is 0 Å². The average Bonchev–Trinajstić information content (AvgIpc) is 2.37. The van der Waals surface area contributed by atoms with E-state index in [0.717, 1.165) is 12.8 Å². The van der Waals surface area contributed by atoms with E-state index in [1.807, 2.05) is 0 Å². The molecule has 0 unspecified atom stereocenters. The van der Waals surface area contributed by atoms with E-state index in [-0.39, 0.29) is 18.9 Å². The van der Waals surface area contributed by atoms with E-state index in [2.05, 4.69) is 11.9 Å². The van der Waals surface area contributed by atoms with Crippen LogP contribution in [0.3, 0.4) is 0 Å². The Balaban J connectivity index is 2.32. The summed E-state index contributed by atoms with van der Waals surface area (Å²) in [7, 11) is 0. The van der Waals surface area contributed by atoms with Gasteiger partial charge in [-0.1, -0.05) is 25.3 Å². The lowest BCUT2D eigenvalue weighted by Crippen LogP contribution is -2.43. The molecular formula is C14H24N2O3. The number of hydrogen-bond donors (Lipinski definition) is 2. The van der Waals surface area contributed by atoms with Crippen molar-refractivity contribution in [3.8, 4) is 0 Å². The first-order valence-electron chi connectivity index (χ1n) is 6.96. The predicted octanol–water partition coefficient (Wildman–Crippen LogP) is 1.40. The summed E-state index contributed by atoms with van der Waals surface area (Å²) in [6, 6.07) is 0.298. The maximum absolute atomic E-state index is 11.9. The molecule has 5 heteroatoms. The smallest absolute Gasteiger partial charge is 0.304 e. The van der Waals surface area contributed by atoms with Gasteiger partial charge in [-0.15, -0.1) is 6.58 Å². The molecule has 108 valence electrons. The zero-order valence-corrected chi connectivity index (χ0v) is 11.4. The molecule has 0 aliphatic heterocycles. The Kier molecular flexibility index (Phi) is 7.18. The molecule has 1 aliphatic carbocycles. The molecule has 2 N–H and O–H groups in total. The fourth-order valence-corrected chi connectivity index (χ4v) is 2.39. The summed E-state index contributed by atoms with van der Waals surface area (Å²) < 4.78 is 0. The second-order valence-corrected chi connectivity index (χ2v) is 5.07. The van der Waals surface area contributed by atoms with Crippen LogP contribution in [-0.4, -0.2) is 47.6 Å². The van der Waals surface area contributed by atoms with E-state index >= 15 is 0 Å². The third-order valence-corrected chi connectivity index (χ3v) is 3.37. The maximum atomic E-state index is 11.9. The van der Waals surface area contributed by atoms with Crippen LogP contribution in [-0.2, 0) is 9.59 Å². The van der Waals surface area contributed by atoms with Crippen LogP contribution < -0.4 is 5.32 Å². The van der Waals surface area contributed by atoms with Gasteiger partial charge in [0, 0.05) is 19.1 Å². The first-order valence-corrected chi connectivity index (χ1v) is 6.96. The first kappa shape index (κ1) is 15.7. The minimum absolute atomic E-state index is 0.0147. The van der Waals surface area contributed by atoms with E-state index in [0.29, 0.717) is 19.1 Å². The van der Waals surface area contributed by atoms with Crippen molar-refractivity contribution in [2.75, 3.05) is 19.6 Å². The van der Waals surface area contributed by atoms with Crippen LogP contribution >= 0.6 is 0 Å². The lowest BCUT2D eigenvalue weighted by atomic mass is 9.95. The molecule has 1 rings (SSSR count). The van der Waals surface area contributed by atoms with Gasteiger partial charge >= 0.3 is 5.97 Å². The zero-order valence-electron chi connectivity index (χ0n) is 11.4. The molecule has 1 saturated carbocycles. The Bertz CT molecular complexity index is 312. The zero-order chi connectivity index (χ0) is 14.1. The third-order valence-electron chi connectivity index (χ3n) is 3.37. The summed E-state index contributed by atoms with van der Waals surface area (Å²) in [5.41, 5.74) is 0. The van der Waals surface area contributed by atoms with E-state index < -0.39 is 5.97 Å². The topological polar surface area (TPSA) is 69.6 Å². The average molecular weight is 268 g/mol. The number of carbonyl (C=O) groups excluding carboxylic acids is 1. The number of carbonyl (C=O) groups is 2. The Morgan fingerprint density at radius 1 is 1.32 bits per heavy atom. The van der Waals surface area contributed by atoms with Gasteiger partial charge in [-0.3, -0.25) is 14.5 Å². The van der Waals surface area contributed by atoms with Crippen LogP contribution in [0.1, 0.15) is 38.5 Å². The van der Waals surface area contributed by atoms with Crippen molar-refractivity contribution < 1.29 is 14.7 Å². The van der Waals surface area contributed by atoms with Gasteiger partial charge in [0.15, 0.2) is 0 Å². The van der Waals surface area contributed by atoms with Crippen LogP contribution in [0.5, 0.6) is 0 Å². The van der Waals surface area contributed by atoms with Gasteiger partial charge < -0.3 is 10.4 Å². The normalized spacial score (nSPS) is 16.3. The Morgan fingerprint density at radius 2 is 2.00 bits per heavy atom. The number of carboxylic acids is 1. The second kappa shape index (κ2) is 8.69. The molecule has 0 saturated heterocycles. The second-order valence-electron chi connectivity index (χ2n) is 5.07. The molecule has 0 aromatic rings. The van der Waals surface area contributed by atoms with Gasteiger partial charge in [-0.25, -0.2) is 0 Å². The number of nitrogens with zero attached hydrogens (tertiary/aromatic N) is 1. The first-order chi connectivity index (χ1) is 9.11. The van der Waals surface area contributed by atoms with E-state index in [4.69, 9.17) is 5.11 Å². The van der Waals surface area contributed by atoms with Crippen molar-refractivity contribution in [2.45, 2.75) is 44.6 Å². The van der Waals surface area contributed by atoms with Gasteiger partial charge in [0.2, 0.25) is 5.91 Å². The van der Waals surface area contributed by atoms with Crippen molar-refractivity contribution in [1.82, 2.24) is 10.2 Å². The molecule has 1 aliphatic rings. The highest BCUT2D eigenvalue weighted by molar-refractivity contribution is 5.78. The summed E-state index contributed by atoms with van der Waals surface area (Å²) in [6.45, 7) is 4.78. The molecule has 19 heavy (non-hydrogen) atoms. The largest absolute Gasteiger partial charge is 0.481 e. The fraction of sp³-hybridized carbons (Fsp3) is 0.714. The SMILES string of the molecule is C=CCN(CCC(=O)O)CC(=O)NC1CCCCC1. The predicted molar refractivity (Wildman–Crippen MR) is 73.9 cm³/mol. The quantitative estimate of drug-likeness (QED) is 0.653. The summed E-state index contributed by atoms with van der Waals surface area (Å²) in [6.07, 6.45) is 7.47. The molecule has 0 heterocycles. The highest BCUT2D eigenvalue weighted by Gasteiger charge is 2.17. The molecule has 1 amide bonds. The van der Waals surface area contributed by atoms with Crippen molar-refractivity contribution >= 4 is 11.9 Å². The summed E-state index contributed by atoms with van der Waals surface area (Å²) in [5, 5.41) is 11.7.